The summed E-state index contributed by atoms with van der Waals surface area (Å²) in [6, 6.07) is 14.1. The van der Waals surface area contributed by atoms with Crippen molar-refractivity contribution >= 4 is 60.6 Å². The average molecular weight is 618 g/mol. The molecule has 3 aromatic carbocycles. The summed E-state index contributed by atoms with van der Waals surface area (Å²) in [5.74, 6) is 0.166. The summed E-state index contributed by atoms with van der Waals surface area (Å²) < 4.78 is 26.9. The summed E-state index contributed by atoms with van der Waals surface area (Å²) in [4.78, 5) is 29.6. The quantitative estimate of drug-likeness (QED) is 0.285. The van der Waals surface area contributed by atoms with Crippen molar-refractivity contribution in [2.75, 3.05) is 19.0 Å². The van der Waals surface area contributed by atoms with Gasteiger partial charge in [-0.3, -0.25) is 9.59 Å². The van der Waals surface area contributed by atoms with E-state index in [0.29, 0.717) is 43.9 Å². The summed E-state index contributed by atoms with van der Waals surface area (Å²) in [6.07, 6.45) is 1.49. The van der Waals surface area contributed by atoms with Gasteiger partial charge in [-0.15, -0.1) is 0 Å². The number of aryl methyl sites for hydroxylation is 1. The first kappa shape index (κ1) is 25.5. The largest absolute Gasteiger partial charge is 0.493 e. The molecular formula is C25H19Br2FN4O4. The smallest absolute Gasteiger partial charge is 0.282 e. The molecule has 4 rings (SSSR count). The third-order valence-electron chi connectivity index (χ3n) is 5.03. The zero-order valence-electron chi connectivity index (χ0n) is 19.1. The van der Waals surface area contributed by atoms with Crippen LogP contribution in [0.15, 0.2) is 73.4 Å². The number of anilines is 1. The van der Waals surface area contributed by atoms with Crippen LogP contribution in [0.3, 0.4) is 0 Å². The summed E-state index contributed by atoms with van der Waals surface area (Å²) in [6.45, 7) is 1.38. The monoisotopic (exact) mass is 616 g/mol. The lowest BCUT2D eigenvalue weighted by atomic mass is 10.2. The molecule has 1 heterocycles. The fourth-order valence-electron chi connectivity index (χ4n) is 3.34. The molecule has 0 spiro atoms. The number of carbonyl (C=O) groups excluding carboxylic acids is 1. The van der Waals surface area contributed by atoms with Crippen molar-refractivity contribution in [1.82, 2.24) is 9.66 Å². The SMILES string of the molecule is COc1cc(C=Nn2c(C)nc3ccc(Br)cc3c2=O)c(Br)cc1OCC(=O)Nc1cccc(F)c1. The number of carbonyl (C=O) groups is 1. The molecule has 1 amide bonds. The predicted molar refractivity (Wildman–Crippen MR) is 143 cm³/mol. The molecule has 0 saturated carbocycles. The van der Waals surface area contributed by atoms with E-state index in [4.69, 9.17) is 9.47 Å². The van der Waals surface area contributed by atoms with Gasteiger partial charge in [-0.1, -0.05) is 22.0 Å². The van der Waals surface area contributed by atoms with Gasteiger partial charge in [0.05, 0.1) is 24.2 Å². The van der Waals surface area contributed by atoms with Gasteiger partial charge in [-0.25, -0.2) is 9.37 Å². The van der Waals surface area contributed by atoms with E-state index in [2.05, 4.69) is 47.3 Å². The lowest BCUT2D eigenvalue weighted by molar-refractivity contribution is -0.118. The number of benzene rings is 3. The van der Waals surface area contributed by atoms with Gasteiger partial charge in [0.15, 0.2) is 18.1 Å². The fraction of sp³-hybridized carbons (Fsp3) is 0.120. The molecule has 1 N–H and O–H groups in total. The van der Waals surface area contributed by atoms with Gasteiger partial charge >= 0.3 is 0 Å². The normalized spacial score (nSPS) is 11.1. The molecule has 0 fully saturated rings. The standard InChI is InChI=1S/C25H19Br2FN4O4/c1-14-30-21-7-6-16(26)9-19(21)25(34)32(14)29-12-15-8-22(35-2)23(11-20(15)27)36-13-24(33)31-18-5-3-4-17(28)10-18/h3-12H,13H2,1-2H3,(H,31,33). The molecule has 0 aliphatic carbocycles. The van der Waals surface area contributed by atoms with Gasteiger partial charge in [-0.2, -0.15) is 9.78 Å². The zero-order chi connectivity index (χ0) is 25.8. The van der Waals surface area contributed by atoms with Crippen molar-refractivity contribution < 1.29 is 18.7 Å². The summed E-state index contributed by atoms with van der Waals surface area (Å²) >= 11 is 6.83. The Bertz CT molecular complexity index is 1560. The fourth-order valence-corrected chi connectivity index (χ4v) is 4.13. The van der Waals surface area contributed by atoms with Gasteiger partial charge in [0.25, 0.3) is 11.5 Å². The Kier molecular flexibility index (Phi) is 7.80. The maximum absolute atomic E-state index is 13.3. The first-order valence-corrected chi connectivity index (χ1v) is 12.1. The van der Waals surface area contributed by atoms with E-state index in [-0.39, 0.29) is 12.2 Å². The number of amides is 1. The highest BCUT2D eigenvalue weighted by Crippen LogP contribution is 2.33. The van der Waals surface area contributed by atoms with E-state index in [9.17, 15) is 14.0 Å². The Hall–Kier alpha value is -3.57. The number of fused-ring (bicyclic) bond motifs is 1. The van der Waals surface area contributed by atoms with Crippen LogP contribution in [0.25, 0.3) is 10.9 Å². The van der Waals surface area contributed by atoms with Crippen LogP contribution in [0.5, 0.6) is 11.5 Å². The molecule has 0 saturated heterocycles. The van der Waals surface area contributed by atoms with E-state index >= 15 is 0 Å². The van der Waals surface area contributed by atoms with E-state index in [1.54, 1.807) is 37.3 Å². The van der Waals surface area contributed by atoms with Crippen LogP contribution < -0.4 is 20.3 Å². The summed E-state index contributed by atoms with van der Waals surface area (Å²) in [5.41, 5.74) is 1.20. The van der Waals surface area contributed by atoms with Crippen molar-refractivity contribution in [3.63, 3.8) is 0 Å². The third kappa shape index (κ3) is 5.80. The molecule has 8 nitrogen and oxygen atoms in total. The molecule has 0 aliphatic rings. The molecule has 0 atom stereocenters. The highest BCUT2D eigenvalue weighted by molar-refractivity contribution is 9.10. The maximum Gasteiger partial charge on any atom is 0.282 e. The highest BCUT2D eigenvalue weighted by atomic mass is 79.9. The van der Waals surface area contributed by atoms with Crippen LogP contribution in [0, 0.1) is 12.7 Å². The van der Waals surface area contributed by atoms with Gasteiger partial charge < -0.3 is 14.8 Å². The number of hydrogen-bond acceptors (Lipinski definition) is 6. The lowest BCUT2D eigenvalue weighted by Crippen LogP contribution is -2.21. The average Bonchev–Trinajstić information content (AvgIpc) is 2.84. The molecule has 11 heteroatoms. The molecule has 0 radical (unpaired) electrons. The van der Waals surface area contributed by atoms with Crippen molar-refractivity contribution in [3.8, 4) is 11.5 Å². The molecule has 0 bridgehead atoms. The van der Waals surface area contributed by atoms with Crippen LogP contribution in [-0.2, 0) is 4.79 Å². The molecule has 0 unspecified atom stereocenters. The van der Waals surface area contributed by atoms with E-state index in [1.807, 2.05) is 6.07 Å². The number of hydrogen-bond donors (Lipinski definition) is 1. The second-order valence-corrected chi connectivity index (χ2v) is 9.32. The summed E-state index contributed by atoms with van der Waals surface area (Å²) in [5, 5.41) is 7.33. The van der Waals surface area contributed by atoms with Crippen LogP contribution in [0.2, 0.25) is 0 Å². The predicted octanol–water partition coefficient (Wildman–Crippen LogP) is 5.28. The minimum atomic E-state index is -0.463. The Labute approximate surface area is 222 Å². The Morgan fingerprint density at radius 1 is 1.17 bits per heavy atom. The second-order valence-electron chi connectivity index (χ2n) is 7.55. The number of nitrogens with one attached hydrogen (secondary N) is 1. The minimum absolute atomic E-state index is 0.303. The van der Waals surface area contributed by atoms with E-state index < -0.39 is 11.7 Å². The molecule has 0 aliphatic heterocycles. The topological polar surface area (TPSA) is 94.8 Å². The zero-order valence-corrected chi connectivity index (χ0v) is 22.3. The number of aromatic nitrogens is 2. The van der Waals surface area contributed by atoms with Gasteiger partial charge in [-0.05, 0) is 71.4 Å². The van der Waals surface area contributed by atoms with Crippen molar-refractivity contribution in [3.05, 3.63) is 91.1 Å². The van der Waals surface area contributed by atoms with Gasteiger partial charge in [0, 0.05) is 20.2 Å². The number of ether oxygens (including phenoxy) is 2. The van der Waals surface area contributed by atoms with Crippen LogP contribution in [0.1, 0.15) is 11.4 Å². The van der Waals surface area contributed by atoms with Crippen LogP contribution in [-0.4, -0.2) is 35.5 Å². The van der Waals surface area contributed by atoms with Crippen LogP contribution >= 0.6 is 31.9 Å². The molecule has 1 aromatic heterocycles. The maximum atomic E-state index is 13.3. The Morgan fingerprint density at radius 3 is 2.72 bits per heavy atom. The van der Waals surface area contributed by atoms with E-state index in [0.717, 1.165) is 4.47 Å². The Balaban J connectivity index is 1.54. The lowest BCUT2D eigenvalue weighted by Gasteiger charge is -2.13. The first-order chi connectivity index (χ1) is 17.2. The molecule has 4 aromatic rings. The minimum Gasteiger partial charge on any atom is -0.493 e. The van der Waals surface area contributed by atoms with Crippen molar-refractivity contribution in [2.45, 2.75) is 6.92 Å². The number of nitrogens with zero attached hydrogens (tertiary/aromatic N) is 3. The first-order valence-electron chi connectivity index (χ1n) is 10.5. The second kappa shape index (κ2) is 11.0. The molecular weight excluding hydrogens is 599 g/mol. The highest BCUT2D eigenvalue weighted by Gasteiger charge is 2.13. The van der Waals surface area contributed by atoms with E-state index in [1.165, 1.54) is 36.2 Å². The van der Waals surface area contributed by atoms with Gasteiger partial charge in [0.2, 0.25) is 0 Å². The number of rotatable bonds is 7. The van der Waals surface area contributed by atoms with Crippen LogP contribution in [0.4, 0.5) is 10.1 Å². The number of halogens is 3. The Morgan fingerprint density at radius 2 is 1.97 bits per heavy atom. The summed E-state index contributed by atoms with van der Waals surface area (Å²) in [7, 11) is 1.46. The third-order valence-corrected chi connectivity index (χ3v) is 6.21. The van der Waals surface area contributed by atoms with Gasteiger partial charge in [0.1, 0.15) is 11.6 Å². The molecule has 184 valence electrons. The van der Waals surface area contributed by atoms with Crippen molar-refractivity contribution in [2.24, 2.45) is 5.10 Å². The number of methoxy groups -OCH3 is 1. The molecule has 36 heavy (non-hydrogen) atoms. The van der Waals surface area contributed by atoms with Crippen molar-refractivity contribution in [1.29, 1.82) is 0 Å².